The summed E-state index contributed by atoms with van der Waals surface area (Å²) in [6.07, 6.45) is -0.536. The molecule has 4 rings (SSSR count). The van der Waals surface area contributed by atoms with Gasteiger partial charge in [0, 0.05) is 37.7 Å². The van der Waals surface area contributed by atoms with Gasteiger partial charge >= 0.3 is 0 Å². The molecule has 39 heavy (non-hydrogen) atoms. The van der Waals surface area contributed by atoms with Gasteiger partial charge < -0.3 is 19.5 Å². The normalized spacial score (nSPS) is 19.1. The molecule has 0 radical (unpaired) electrons. The summed E-state index contributed by atoms with van der Waals surface area (Å²) in [4.78, 5) is 15.7. The first-order valence-corrected chi connectivity index (χ1v) is 14.4. The topological polar surface area (TPSA) is 96.4 Å². The molecular weight excluding hydrogens is 516 g/mol. The zero-order valence-electron chi connectivity index (χ0n) is 22.8. The first kappa shape index (κ1) is 28.8. The van der Waals surface area contributed by atoms with Crippen LogP contribution in [0.5, 0.6) is 5.75 Å². The minimum Gasteiger partial charge on any atom is -0.497 e. The van der Waals surface area contributed by atoms with Crippen LogP contribution in [0.15, 0.2) is 77.7 Å². The predicted molar refractivity (Wildman–Crippen MR) is 150 cm³/mol. The van der Waals surface area contributed by atoms with Gasteiger partial charge in [-0.25, -0.2) is 8.42 Å². The van der Waals surface area contributed by atoms with Gasteiger partial charge in [-0.15, -0.1) is 0 Å². The van der Waals surface area contributed by atoms with Crippen molar-refractivity contribution in [3.8, 4) is 16.9 Å². The number of aliphatic hydroxyl groups excluding tert-OH is 1. The number of hydrogen-bond donors (Lipinski definition) is 1. The molecule has 0 bridgehead atoms. The molecule has 1 N–H and O–H groups in total. The molecular formula is C30H36N2O6S. The SMILES string of the molecule is COc1cccc(S(=O)(=O)N(C)C[C@@H]2OCc3ccccc3-c3ccccc3C(=O)N([C@@H](C)CO)C[C@H]2C)c1. The van der Waals surface area contributed by atoms with Crippen LogP contribution in [-0.4, -0.2) is 74.6 Å². The summed E-state index contributed by atoms with van der Waals surface area (Å²) >= 11 is 0. The lowest BCUT2D eigenvalue weighted by Crippen LogP contribution is -2.47. The number of rotatable bonds is 7. The highest BCUT2D eigenvalue weighted by Crippen LogP contribution is 2.31. The summed E-state index contributed by atoms with van der Waals surface area (Å²) < 4.78 is 39.8. The molecule has 0 aromatic heterocycles. The van der Waals surface area contributed by atoms with Crippen molar-refractivity contribution in [3.63, 3.8) is 0 Å². The minimum atomic E-state index is -3.84. The molecule has 208 valence electrons. The van der Waals surface area contributed by atoms with Gasteiger partial charge in [0.05, 0.1) is 37.4 Å². The van der Waals surface area contributed by atoms with E-state index < -0.39 is 22.2 Å². The number of aliphatic hydroxyl groups is 1. The van der Waals surface area contributed by atoms with Crippen LogP contribution >= 0.6 is 0 Å². The van der Waals surface area contributed by atoms with Crippen LogP contribution in [0.3, 0.4) is 0 Å². The number of methoxy groups -OCH3 is 1. The van der Waals surface area contributed by atoms with Crippen molar-refractivity contribution in [2.75, 3.05) is 33.9 Å². The van der Waals surface area contributed by atoms with Crippen LogP contribution in [0.2, 0.25) is 0 Å². The molecule has 0 aliphatic carbocycles. The van der Waals surface area contributed by atoms with Crippen LogP contribution in [-0.2, 0) is 21.4 Å². The molecule has 3 aromatic carbocycles. The number of nitrogens with zero attached hydrogens (tertiary/aromatic N) is 2. The molecule has 1 amide bonds. The second-order valence-electron chi connectivity index (χ2n) is 9.98. The third-order valence-electron chi connectivity index (χ3n) is 7.28. The number of fused-ring (bicyclic) bond motifs is 3. The molecule has 3 aromatic rings. The van der Waals surface area contributed by atoms with Crippen molar-refractivity contribution in [1.82, 2.24) is 9.21 Å². The molecule has 8 nitrogen and oxygen atoms in total. The third kappa shape index (κ3) is 6.17. The Kier molecular flexibility index (Phi) is 9.07. The number of amides is 1. The molecule has 1 aliphatic heterocycles. The Hall–Kier alpha value is -3.24. The fourth-order valence-corrected chi connectivity index (χ4v) is 6.06. The van der Waals surface area contributed by atoms with E-state index in [9.17, 15) is 18.3 Å². The highest BCUT2D eigenvalue weighted by molar-refractivity contribution is 7.89. The van der Waals surface area contributed by atoms with Crippen molar-refractivity contribution in [1.29, 1.82) is 0 Å². The first-order valence-electron chi connectivity index (χ1n) is 13.0. The molecule has 0 spiro atoms. The van der Waals surface area contributed by atoms with Crippen molar-refractivity contribution in [2.45, 2.75) is 37.5 Å². The van der Waals surface area contributed by atoms with Gasteiger partial charge in [0.1, 0.15) is 5.75 Å². The smallest absolute Gasteiger partial charge is 0.254 e. The lowest BCUT2D eigenvalue weighted by molar-refractivity contribution is -0.0146. The number of ether oxygens (including phenoxy) is 2. The molecule has 1 heterocycles. The molecule has 3 atom stereocenters. The quantitative estimate of drug-likeness (QED) is 0.475. The van der Waals surface area contributed by atoms with E-state index in [1.165, 1.54) is 30.6 Å². The maximum atomic E-state index is 13.9. The average Bonchev–Trinajstić information content (AvgIpc) is 2.98. The van der Waals surface area contributed by atoms with E-state index in [0.717, 1.165) is 16.7 Å². The van der Waals surface area contributed by atoms with Crippen LogP contribution in [0.4, 0.5) is 0 Å². The highest BCUT2D eigenvalue weighted by Gasteiger charge is 2.32. The third-order valence-corrected chi connectivity index (χ3v) is 9.10. The molecule has 0 fully saturated rings. The Bertz CT molecular complexity index is 1410. The van der Waals surface area contributed by atoms with E-state index in [1.807, 2.05) is 49.4 Å². The zero-order chi connectivity index (χ0) is 28.2. The predicted octanol–water partition coefficient (Wildman–Crippen LogP) is 4.04. The van der Waals surface area contributed by atoms with Gasteiger partial charge in [-0.1, -0.05) is 55.5 Å². The number of likely N-dealkylation sites (N-methyl/N-ethyl adjacent to an activating group) is 1. The van der Waals surface area contributed by atoms with E-state index >= 15 is 0 Å². The monoisotopic (exact) mass is 552 g/mol. The zero-order valence-corrected chi connectivity index (χ0v) is 23.6. The number of benzene rings is 3. The molecule has 0 unspecified atom stereocenters. The van der Waals surface area contributed by atoms with E-state index in [0.29, 0.717) is 11.3 Å². The fraction of sp³-hybridized carbons (Fsp3) is 0.367. The van der Waals surface area contributed by atoms with Gasteiger partial charge in [0.25, 0.3) is 5.91 Å². The van der Waals surface area contributed by atoms with Crippen LogP contribution in [0.25, 0.3) is 11.1 Å². The number of carbonyl (C=O) groups is 1. The summed E-state index contributed by atoms with van der Waals surface area (Å²) in [6.45, 7) is 4.14. The Labute approximate surface area is 230 Å². The van der Waals surface area contributed by atoms with E-state index in [-0.39, 0.29) is 43.0 Å². The summed E-state index contributed by atoms with van der Waals surface area (Å²) in [5.74, 6) is 0.0162. The first-order chi connectivity index (χ1) is 18.7. The number of sulfonamides is 1. The number of hydrogen-bond acceptors (Lipinski definition) is 6. The van der Waals surface area contributed by atoms with E-state index in [4.69, 9.17) is 9.47 Å². The van der Waals surface area contributed by atoms with Crippen molar-refractivity contribution >= 4 is 15.9 Å². The lowest BCUT2D eigenvalue weighted by Gasteiger charge is -2.35. The summed E-state index contributed by atoms with van der Waals surface area (Å²) in [7, 11) is -0.819. The minimum absolute atomic E-state index is 0.0748. The van der Waals surface area contributed by atoms with Crippen molar-refractivity contribution < 1.29 is 27.8 Å². The Morgan fingerprint density at radius 1 is 1.05 bits per heavy atom. The van der Waals surface area contributed by atoms with E-state index in [1.54, 1.807) is 30.0 Å². The second kappa shape index (κ2) is 12.3. The van der Waals surface area contributed by atoms with Crippen molar-refractivity contribution in [3.05, 3.63) is 83.9 Å². The Balaban J connectivity index is 1.72. The molecule has 9 heteroatoms. The lowest BCUT2D eigenvalue weighted by atomic mass is 9.94. The van der Waals surface area contributed by atoms with Gasteiger partial charge in [0.2, 0.25) is 10.0 Å². The van der Waals surface area contributed by atoms with Crippen LogP contribution in [0, 0.1) is 5.92 Å². The van der Waals surface area contributed by atoms with Gasteiger partial charge in [-0.3, -0.25) is 4.79 Å². The summed E-state index contributed by atoms with van der Waals surface area (Å²) in [6, 6.07) is 21.1. The molecule has 0 saturated heterocycles. The maximum Gasteiger partial charge on any atom is 0.254 e. The van der Waals surface area contributed by atoms with E-state index in [2.05, 4.69) is 0 Å². The van der Waals surface area contributed by atoms with Gasteiger partial charge in [-0.05, 0) is 41.8 Å². The number of carbonyl (C=O) groups excluding carboxylic acids is 1. The average molecular weight is 553 g/mol. The Morgan fingerprint density at radius 3 is 2.41 bits per heavy atom. The van der Waals surface area contributed by atoms with Gasteiger partial charge in [0.15, 0.2) is 0 Å². The van der Waals surface area contributed by atoms with Crippen LogP contribution in [0.1, 0.15) is 29.8 Å². The maximum absolute atomic E-state index is 13.9. The molecule has 1 aliphatic rings. The second-order valence-corrected chi connectivity index (χ2v) is 12.0. The molecule has 0 saturated carbocycles. The van der Waals surface area contributed by atoms with Crippen molar-refractivity contribution in [2.24, 2.45) is 5.92 Å². The largest absolute Gasteiger partial charge is 0.497 e. The summed E-state index contributed by atoms with van der Waals surface area (Å²) in [5, 5.41) is 10.0. The van der Waals surface area contributed by atoms with Gasteiger partial charge in [-0.2, -0.15) is 4.31 Å². The fourth-order valence-electron chi connectivity index (χ4n) is 4.84. The summed E-state index contributed by atoms with van der Waals surface area (Å²) in [5.41, 5.74) is 3.12. The van der Waals surface area contributed by atoms with Crippen LogP contribution < -0.4 is 4.74 Å². The Morgan fingerprint density at radius 2 is 1.72 bits per heavy atom. The highest BCUT2D eigenvalue weighted by atomic mass is 32.2. The standard InChI is InChI=1S/C30H36N2O6S/c1-21-17-32(22(2)19-33)30(34)28-15-8-7-14-27(28)26-13-6-5-10-23(26)20-38-29(21)18-31(3)39(35,36)25-12-9-11-24(16-25)37-4/h5-16,21-22,29,33H,17-20H2,1-4H3/t21-,22+,29+/m1/s1.